The van der Waals surface area contributed by atoms with Crippen LogP contribution in [0.5, 0.6) is 11.5 Å². The molecule has 0 N–H and O–H groups in total. The highest BCUT2D eigenvalue weighted by atomic mass is 32.2. The average molecular weight is 369 g/mol. The minimum Gasteiger partial charge on any atom is -0.497 e. The molecular weight excluding hydrogens is 350 g/mol. The van der Waals surface area contributed by atoms with Crippen LogP contribution >= 0.6 is 11.8 Å². The topological polar surface area (TPSA) is 55.8 Å². The predicted molar refractivity (Wildman–Crippen MR) is 102 cm³/mol. The number of amides is 2. The SMILES string of the molecule is COc1ccc(/C=C2\SC(=O)N(CCc3ccccc3)C2=O)c(OC)c1. The molecule has 0 unspecified atom stereocenters. The van der Waals surface area contributed by atoms with Gasteiger partial charge in [0.1, 0.15) is 11.5 Å². The van der Waals surface area contributed by atoms with Crippen molar-refractivity contribution >= 4 is 29.0 Å². The lowest BCUT2D eigenvalue weighted by molar-refractivity contribution is -0.122. The van der Waals surface area contributed by atoms with E-state index in [1.807, 2.05) is 30.3 Å². The lowest BCUT2D eigenvalue weighted by atomic mass is 10.1. The van der Waals surface area contributed by atoms with Crippen molar-refractivity contribution in [3.8, 4) is 11.5 Å². The van der Waals surface area contributed by atoms with E-state index in [0.717, 1.165) is 22.9 Å². The molecule has 1 aliphatic rings. The maximum Gasteiger partial charge on any atom is 0.293 e. The second kappa shape index (κ2) is 8.10. The number of thioether (sulfide) groups is 1. The summed E-state index contributed by atoms with van der Waals surface area (Å²) >= 11 is 0.953. The number of carbonyl (C=O) groups is 2. The number of imide groups is 1. The monoisotopic (exact) mass is 369 g/mol. The number of ether oxygens (including phenoxy) is 2. The zero-order valence-corrected chi connectivity index (χ0v) is 15.4. The van der Waals surface area contributed by atoms with Gasteiger partial charge in [0.2, 0.25) is 0 Å². The summed E-state index contributed by atoms with van der Waals surface area (Å²) in [6, 6.07) is 15.1. The van der Waals surface area contributed by atoms with Crippen molar-refractivity contribution in [2.45, 2.75) is 6.42 Å². The Morgan fingerprint density at radius 2 is 1.81 bits per heavy atom. The number of nitrogens with zero attached hydrogens (tertiary/aromatic N) is 1. The average Bonchev–Trinajstić information content (AvgIpc) is 2.94. The van der Waals surface area contributed by atoms with Crippen molar-refractivity contribution in [3.63, 3.8) is 0 Å². The highest BCUT2D eigenvalue weighted by molar-refractivity contribution is 8.18. The molecule has 0 atom stereocenters. The number of hydrogen-bond acceptors (Lipinski definition) is 5. The van der Waals surface area contributed by atoms with Crippen LogP contribution in [0.1, 0.15) is 11.1 Å². The van der Waals surface area contributed by atoms with Gasteiger partial charge in [-0.2, -0.15) is 0 Å². The number of benzene rings is 2. The normalized spacial score (nSPS) is 15.6. The van der Waals surface area contributed by atoms with E-state index in [0.29, 0.717) is 29.4 Å². The molecule has 1 saturated heterocycles. The van der Waals surface area contributed by atoms with E-state index in [4.69, 9.17) is 9.47 Å². The molecule has 0 aromatic heterocycles. The molecule has 2 amide bonds. The van der Waals surface area contributed by atoms with Crippen molar-refractivity contribution in [2.75, 3.05) is 20.8 Å². The van der Waals surface area contributed by atoms with Gasteiger partial charge < -0.3 is 9.47 Å². The molecular formula is C20H19NO4S. The zero-order valence-electron chi connectivity index (χ0n) is 14.6. The highest BCUT2D eigenvalue weighted by Gasteiger charge is 2.34. The van der Waals surface area contributed by atoms with E-state index >= 15 is 0 Å². The molecule has 1 fully saturated rings. The summed E-state index contributed by atoms with van der Waals surface area (Å²) in [5, 5.41) is -0.246. The number of hydrogen-bond donors (Lipinski definition) is 0. The van der Waals surface area contributed by atoms with Crippen LogP contribution in [0, 0.1) is 0 Å². The van der Waals surface area contributed by atoms with Gasteiger partial charge in [0.15, 0.2) is 0 Å². The molecule has 0 saturated carbocycles. The van der Waals surface area contributed by atoms with E-state index in [-0.39, 0.29) is 11.1 Å². The summed E-state index contributed by atoms with van der Waals surface area (Å²) < 4.78 is 10.5. The summed E-state index contributed by atoms with van der Waals surface area (Å²) in [5.41, 5.74) is 1.81. The molecule has 6 heteroatoms. The van der Waals surface area contributed by atoms with Crippen LogP contribution in [0.4, 0.5) is 4.79 Å². The van der Waals surface area contributed by atoms with Crippen molar-refractivity contribution < 1.29 is 19.1 Å². The van der Waals surface area contributed by atoms with Gasteiger partial charge in [0.25, 0.3) is 11.1 Å². The Balaban J connectivity index is 1.77. The molecule has 1 aliphatic heterocycles. The molecule has 0 bridgehead atoms. The molecule has 0 aliphatic carbocycles. The fourth-order valence-corrected chi connectivity index (χ4v) is 3.51. The maximum atomic E-state index is 12.6. The first-order valence-corrected chi connectivity index (χ1v) is 8.95. The van der Waals surface area contributed by atoms with Gasteiger partial charge in [0, 0.05) is 18.2 Å². The lowest BCUT2D eigenvalue weighted by Gasteiger charge is -2.12. The van der Waals surface area contributed by atoms with Crippen LogP contribution in [-0.2, 0) is 11.2 Å². The molecule has 3 rings (SSSR count). The lowest BCUT2D eigenvalue weighted by Crippen LogP contribution is -2.30. The van der Waals surface area contributed by atoms with Crippen LogP contribution in [0.25, 0.3) is 6.08 Å². The predicted octanol–water partition coefficient (Wildman–Crippen LogP) is 3.98. The summed E-state index contributed by atoms with van der Waals surface area (Å²) in [5.74, 6) is 0.976. The molecule has 5 nitrogen and oxygen atoms in total. The second-order valence-corrected chi connectivity index (χ2v) is 6.67. The fourth-order valence-electron chi connectivity index (χ4n) is 2.66. The smallest absolute Gasteiger partial charge is 0.293 e. The quantitative estimate of drug-likeness (QED) is 0.721. The van der Waals surface area contributed by atoms with Gasteiger partial charge >= 0.3 is 0 Å². The Kier molecular flexibility index (Phi) is 5.63. The van der Waals surface area contributed by atoms with E-state index in [2.05, 4.69) is 0 Å². The molecule has 26 heavy (non-hydrogen) atoms. The van der Waals surface area contributed by atoms with Gasteiger partial charge in [-0.05, 0) is 42.0 Å². The van der Waals surface area contributed by atoms with Crippen molar-refractivity contribution in [3.05, 3.63) is 64.6 Å². The maximum absolute atomic E-state index is 12.6. The van der Waals surface area contributed by atoms with E-state index in [9.17, 15) is 9.59 Å². The first-order valence-electron chi connectivity index (χ1n) is 8.13. The van der Waals surface area contributed by atoms with Gasteiger partial charge in [-0.15, -0.1) is 0 Å². The van der Waals surface area contributed by atoms with E-state index in [1.54, 1.807) is 38.5 Å². The van der Waals surface area contributed by atoms with Crippen molar-refractivity contribution in [1.82, 2.24) is 4.90 Å². The number of rotatable bonds is 6. The molecule has 2 aromatic rings. The Morgan fingerprint density at radius 3 is 2.50 bits per heavy atom. The third-order valence-electron chi connectivity index (χ3n) is 4.07. The van der Waals surface area contributed by atoms with Crippen LogP contribution in [0.3, 0.4) is 0 Å². The Labute approximate surface area is 156 Å². The van der Waals surface area contributed by atoms with Gasteiger partial charge in [-0.3, -0.25) is 14.5 Å². The van der Waals surface area contributed by atoms with Gasteiger partial charge in [-0.1, -0.05) is 30.3 Å². The molecule has 134 valence electrons. The molecule has 2 aromatic carbocycles. The van der Waals surface area contributed by atoms with E-state index < -0.39 is 0 Å². The van der Waals surface area contributed by atoms with Crippen molar-refractivity contribution in [2.24, 2.45) is 0 Å². The third-order valence-corrected chi connectivity index (χ3v) is 4.98. The molecule has 1 heterocycles. The first kappa shape index (κ1) is 18.1. The minimum atomic E-state index is -0.270. The highest BCUT2D eigenvalue weighted by Crippen LogP contribution is 2.35. The Bertz CT molecular complexity index is 848. The number of carbonyl (C=O) groups excluding carboxylic acids is 2. The number of methoxy groups -OCH3 is 2. The fraction of sp³-hybridized carbons (Fsp3) is 0.200. The Morgan fingerprint density at radius 1 is 1.04 bits per heavy atom. The minimum absolute atomic E-state index is 0.246. The van der Waals surface area contributed by atoms with Gasteiger partial charge in [-0.25, -0.2) is 0 Å². The summed E-state index contributed by atoms with van der Waals surface area (Å²) in [6.07, 6.45) is 2.32. The Hall–Kier alpha value is -2.73. The molecule has 0 radical (unpaired) electrons. The summed E-state index contributed by atoms with van der Waals surface area (Å²) in [7, 11) is 3.13. The largest absolute Gasteiger partial charge is 0.497 e. The first-order chi connectivity index (χ1) is 12.6. The second-order valence-electron chi connectivity index (χ2n) is 5.68. The standard InChI is InChI=1S/C20H19NO4S/c1-24-16-9-8-15(17(13-16)25-2)12-18-19(22)21(20(23)26-18)11-10-14-6-4-3-5-7-14/h3-9,12-13H,10-11H2,1-2H3/b18-12-. The van der Waals surface area contributed by atoms with Crippen LogP contribution < -0.4 is 9.47 Å². The third kappa shape index (κ3) is 3.91. The zero-order chi connectivity index (χ0) is 18.5. The van der Waals surface area contributed by atoms with Crippen LogP contribution in [0.2, 0.25) is 0 Å². The molecule has 0 spiro atoms. The van der Waals surface area contributed by atoms with Crippen LogP contribution in [0.15, 0.2) is 53.4 Å². The van der Waals surface area contributed by atoms with Crippen molar-refractivity contribution in [1.29, 1.82) is 0 Å². The summed E-state index contributed by atoms with van der Waals surface area (Å²) in [6.45, 7) is 0.367. The summed E-state index contributed by atoms with van der Waals surface area (Å²) in [4.78, 5) is 26.5. The van der Waals surface area contributed by atoms with Crippen LogP contribution in [-0.4, -0.2) is 36.8 Å². The van der Waals surface area contributed by atoms with E-state index in [1.165, 1.54) is 4.90 Å². The van der Waals surface area contributed by atoms with Gasteiger partial charge in [0.05, 0.1) is 19.1 Å².